The second kappa shape index (κ2) is 5.36. The minimum atomic E-state index is -1.61. The number of hydrogen-bond acceptors (Lipinski definition) is 5. The number of hydrogen-bond donors (Lipinski definition) is 3. The smallest absolute Gasteiger partial charge is 0.180 e. The van der Waals surface area contributed by atoms with Gasteiger partial charge in [0.25, 0.3) is 0 Å². The molecule has 0 fully saturated rings. The fraction of sp³-hybridized carbons (Fsp3) is 0.176. The molecule has 2 aromatic carbocycles. The molecule has 0 amide bonds. The molecule has 1 heterocycles. The summed E-state index contributed by atoms with van der Waals surface area (Å²) < 4.78 is 5.89. The highest BCUT2D eigenvalue weighted by Crippen LogP contribution is 2.32. The first kappa shape index (κ1) is 14.4. The Balaban J connectivity index is 2.08. The van der Waals surface area contributed by atoms with Crippen LogP contribution in [0.25, 0.3) is 22.3 Å². The van der Waals surface area contributed by atoms with Crippen LogP contribution in [0.15, 0.2) is 46.9 Å². The van der Waals surface area contributed by atoms with E-state index in [1.54, 1.807) is 18.2 Å². The number of anilines is 2. The third-order valence-electron chi connectivity index (χ3n) is 3.67. The van der Waals surface area contributed by atoms with Crippen molar-refractivity contribution in [2.24, 2.45) is 0 Å². The zero-order valence-corrected chi connectivity index (χ0v) is 12.4. The van der Waals surface area contributed by atoms with E-state index in [1.807, 2.05) is 43.3 Å². The molecule has 0 aliphatic heterocycles. The molecule has 0 saturated heterocycles. The highest BCUT2D eigenvalue weighted by molar-refractivity contribution is 5.86. The van der Waals surface area contributed by atoms with Crippen molar-refractivity contribution < 1.29 is 14.6 Å². The van der Waals surface area contributed by atoms with E-state index in [4.69, 9.17) is 10.2 Å². The van der Waals surface area contributed by atoms with Crippen LogP contribution in [-0.2, 0) is 0 Å². The van der Waals surface area contributed by atoms with Crippen LogP contribution in [0.3, 0.4) is 0 Å². The Kier molecular flexibility index (Phi) is 3.52. The summed E-state index contributed by atoms with van der Waals surface area (Å²) in [5, 5.41) is 19.7. The number of furan rings is 1. The summed E-state index contributed by atoms with van der Waals surface area (Å²) >= 11 is 0. The summed E-state index contributed by atoms with van der Waals surface area (Å²) in [6.07, 6.45) is -1.61. The average molecular weight is 298 g/mol. The van der Waals surface area contributed by atoms with Gasteiger partial charge in [0.2, 0.25) is 0 Å². The van der Waals surface area contributed by atoms with Gasteiger partial charge < -0.3 is 25.3 Å². The van der Waals surface area contributed by atoms with Crippen molar-refractivity contribution in [1.29, 1.82) is 0 Å². The molecule has 22 heavy (non-hydrogen) atoms. The van der Waals surface area contributed by atoms with Crippen molar-refractivity contribution in [3.05, 3.63) is 48.0 Å². The number of rotatable bonds is 3. The third kappa shape index (κ3) is 2.52. The molecule has 0 spiro atoms. The van der Waals surface area contributed by atoms with Crippen molar-refractivity contribution in [2.45, 2.75) is 6.29 Å². The van der Waals surface area contributed by atoms with Crippen molar-refractivity contribution in [3.63, 3.8) is 0 Å². The van der Waals surface area contributed by atoms with Gasteiger partial charge in [0.1, 0.15) is 11.3 Å². The van der Waals surface area contributed by atoms with Crippen LogP contribution < -0.4 is 10.6 Å². The van der Waals surface area contributed by atoms with E-state index < -0.39 is 6.29 Å². The first-order valence-electron chi connectivity index (χ1n) is 6.92. The van der Waals surface area contributed by atoms with Crippen molar-refractivity contribution in [2.75, 3.05) is 24.7 Å². The predicted molar refractivity (Wildman–Crippen MR) is 87.6 cm³/mol. The Morgan fingerprint density at radius 2 is 1.82 bits per heavy atom. The van der Waals surface area contributed by atoms with Crippen molar-refractivity contribution >= 4 is 22.3 Å². The molecule has 0 bridgehead atoms. The van der Waals surface area contributed by atoms with E-state index in [0.717, 1.165) is 22.2 Å². The molecule has 3 rings (SSSR count). The molecule has 0 aliphatic rings. The van der Waals surface area contributed by atoms with Gasteiger partial charge in [-0.1, -0.05) is 0 Å². The highest BCUT2D eigenvalue weighted by atomic mass is 16.5. The number of aliphatic hydroxyl groups is 2. The van der Waals surface area contributed by atoms with Gasteiger partial charge in [-0.25, -0.2) is 0 Å². The van der Waals surface area contributed by atoms with Gasteiger partial charge in [0, 0.05) is 48.0 Å². The van der Waals surface area contributed by atoms with Crippen LogP contribution >= 0.6 is 0 Å². The maximum Gasteiger partial charge on any atom is 0.180 e. The molecule has 4 N–H and O–H groups in total. The molecule has 5 nitrogen and oxygen atoms in total. The molecule has 0 radical (unpaired) electrons. The molecule has 3 aromatic rings. The van der Waals surface area contributed by atoms with Crippen LogP contribution in [-0.4, -0.2) is 24.3 Å². The summed E-state index contributed by atoms with van der Waals surface area (Å²) in [6.45, 7) is 0. The SMILES string of the molecule is CN(C)c1ccc2cc(-c3ccc(N)c(C(O)O)c3)oc2c1. The summed E-state index contributed by atoms with van der Waals surface area (Å²) in [5.74, 6) is 0.660. The minimum Gasteiger partial charge on any atom is -0.456 e. The van der Waals surface area contributed by atoms with E-state index in [-0.39, 0.29) is 5.56 Å². The standard InChI is InChI=1S/C17H18N2O3/c1-19(2)12-5-3-11-8-15(22-16(11)9-12)10-4-6-14(18)13(7-10)17(20)21/h3-9,17,20-21H,18H2,1-2H3. The maximum absolute atomic E-state index is 9.35. The Bertz CT molecular complexity index is 822. The molecule has 0 aliphatic carbocycles. The van der Waals surface area contributed by atoms with E-state index in [2.05, 4.69) is 0 Å². The molecule has 0 unspecified atom stereocenters. The van der Waals surface area contributed by atoms with E-state index in [0.29, 0.717) is 11.4 Å². The van der Waals surface area contributed by atoms with E-state index >= 15 is 0 Å². The summed E-state index contributed by atoms with van der Waals surface area (Å²) in [7, 11) is 3.94. The zero-order valence-electron chi connectivity index (χ0n) is 12.4. The Labute approximate surface area is 128 Å². The number of nitrogens with two attached hydrogens (primary N) is 1. The molecule has 114 valence electrons. The second-order valence-electron chi connectivity index (χ2n) is 5.44. The molecule has 0 atom stereocenters. The molecular weight excluding hydrogens is 280 g/mol. The number of benzene rings is 2. The second-order valence-corrected chi connectivity index (χ2v) is 5.44. The molecule has 5 heteroatoms. The van der Waals surface area contributed by atoms with Gasteiger partial charge in [0.15, 0.2) is 6.29 Å². The summed E-state index contributed by atoms with van der Waals surface area (Å²) in [5.41, 5.74) is 8.93. The lowest BCUT2D eigenvalue weighted by atomic mass is 10.1. The van der Waals surface area contributed by atoms with Crippen LogP contribution in [0.5, 0.6) is 0 Å². The average Bonchev–Trinajstić information content (AvgIpc) is 2.90. The van der Waals surface area contributed by atoms with Gasteiger partial charge in [-0.2, -0.15) is 0 Å². The fourth-order valence-electron chi connectivity index (χ4n) is 2.39. The first-order chi connectivity index (χ1) is 10.5. The monoisotopic (exact) mass is 298 g/mol. The zero-order chi connectivity index (χ0) is 15.9. The van der Waals surface area contributed by atoms with Crippen LogP contribution in [0.4, 0.5) is 11.4 Å². The fourth-order valence-corrected chi connectivity index (χ4v) is 2.39. The Morgan fingerprint density at radius 1 is 1.05 bits per heavy atom. The summed E-state index contributed by atoms with van der Waals surface area (Å²) in [6, 6.07) is 13.0. The van der Waals surface area contributed by atoms with Gasteiger partial charge >= 0.3 is 0 Å². The van der Waals surface area contributed by atoms with Gasteiger partial charge in [-0.15, -0.1) is 0 Å². The molecular formula is C17H18N2O3. The third-order valence-corrected chi connectivity index (χ3v) is 3.67. The van der Waals surface area contributed by atoms with Crippen molar-refractivity contribution in [3.8, 4) is 11.3 Å². The van der Waals surface area contributed by atoms with Crippen LogP contribution in [0.1, 0.15) is 11.9 Å². The predicted octanol–water partition coefficient (Wildman–Crippen LogP) is 2.73. The molecule has 1 aromatic heterocycles. The van der Waals surface area contributed by atoms with E-state index in [9.17, 15) is 10.2 Å². The maximum atomic E-state index is 9.35. The van der Waals surface area contributed by atoms with Gasteiger partial charge in [-0.3, -0.25) is 0 Å². The Hall–Kier alpha value is -2.50. The quantitative estimate of drug-likeness (QED) is 0.511. The van der Waals surface area contributed by atoms with Crippen LogP contribution in [0.2, 0.25) is 0 Å². The lowest BCUT2D eigenvalue weighted by Crippen LogP contribution is -2.07. The highest BCUT2D eigenvalue weighted by Gasteiger charge is 2.12. The van der Waals surface area contributed by atoms with E-state index in [1.165, 1.54) is 0 Å². The van der Waals surface area contributed by atoms with Crippen LogP contribution in [0, 0.1) is 0 Å². The van der Waals surface area contributed by atoms with Gasteiger partial charge in [-0.05, 0) is 36.4 Å². The topological polar surface area (TPSA) is 82.9 Å². The number of aliphatic hydroxyl groups excluding tert-OH is 1. The number of nitrogens with zero attached hydrogens (tertiary/aromatic N) is 1. The largest absolute Gasteiger partial charge is 0.456 e. The number of fused-ring (bicyclic) bond motifs is 1. The Morgan fingerprint density at radius 3 is 2.50 bits per heavy atom. The van der Waals surface area contributed by atoms with Gasteiger partial charge in [0.05, 0.1) is 0 Å². The first-order valence-corrected chi connectivity index (χ1v) is 6.92. The minimum absolute atomic E-state index is 0.270. The van der Waals surface area contributed by atoms with Crippen molar-refractivity contribution in [1.82, 2.24) is 0 Å². The number of nitrogen functional groups attached to an aromatic ring is 1. The summed E-state index contributed by atoms with van der Waals surface area (Å²) in [4.78, 5) is 2.01. The normalized spacial score (nSPS) is 11.3. The molecule has 0 saturated carbocycles. The lowest BCUT2D eigenvalue weighted by molar-refractivity contribution is -0.0418. The lowest BCUT2D eigenvalue weighted by Gasteiger charge is -2.11.